The predicted molar refractivity (Wildman–Crippen MR) is 74.8 cm³/mol. The third kappa shape index (κ3) is 2.99. The summed E-state index contributed by atoms with van der Waals surface area (Å²) in [6, 6.07) is 8.14. The molecule has 2 heterocycles. The van der Waals surface area contributed by atoms with Gasteiger partial charge in [-0.05, 0) is 29.5 Å². The lowest BCUT2D eigenvalue weighted by atomic mass is 10.0. The largest absolute Gasteiger partial charge is 0.361 e. The van der Waals surface area contributed by atoms with Crippen LogP contribution < -0.4 is 5.32 Å². The first-order valence-electron chi connectivity index (χ1n) is 5.59. The molecule has 0 radical (unpaired) electrons. The molecule has 1 N–H and O–H groups in total. The third-order valence-electron chi connectivity index (χ3n) is 2.57. The molecule has 2 aromatic heterocycles. The van der Waals surface area contributed by atoms with Crippen LogP contribution in [-0.2, 0) is 0 Å². The molecule has 90 valence electrons. The van der Waals surface area contributed by atoms with Gasteiger partial charge in [-0.25, -0.2) is 4.98 Å². The number of hydrogen-bond acceptors (Lipinski definition) is 3. The van der Waals surface area contributed by atoms with Gasteiger partial charge >= 0.3 is 0 Å². The summed E-state index contributed by atoms with van der Waals surface area (Å²) in [6.45, 7) is 4.38. The average Bonchev–Trinajstić information content (AvgIpc) is 2.81. The summed E-state index contributed by atoms with van der Waals surface area (Å²) in [7, 11) is 0. The molecule has 1 unspecified atom stereocenters. The Labute approximate surface area is 111 Å². The van der Waals surface area contributed by atoms with Gasteiger partial charge in [-0.3, -0.25) is 0 Å². The topological polar surface area (TPSA) is 24.9 Å². The van der Waals surface area contributed by atoms with E-state index in [-0.39, 0.29) is 6.04 Å². The van der Waals surface area contributed by atoms with E-state index in [9.17, 15) is 0 Å². The van der Waals surface area contributed by atoms with E-state index in [0.717, 1.165) is 5.82 Å². The van der Waals surface area contributed by atoms with E-state index in [1.165, 1.54) is 4.88 Å². The molecule has 1 atom stereocenters. The summed E-state index contributed by atoms with van der Waals surface area (Å²) in [5.41, 5.74) is 0. The van der Waals surface area contributed by atoms with Gasteiger partial charge in [-0.15, -0.1) is 11.3 Å². The summed E-state index contributed by atoms with van der Waals surface area (Å²) in [5.74, 6) is 1.23. The number of pyridine rings is 1. The van der Waals surface area contributed by atoms with Crippen molar-refractivity contribution in [2.24, 2.45) is 5.92 Å². The Bertz CT molecular complexity index is 468. The molecule has 0 spiro atoms. The van der Waals surface area contributed by atoms with Gasteiger partial charge in [0.05, 0.1) is 11.1 Å². The molecule has 0 aliphatic carbocycles. The Kier molecular flexibility index (Phi) is 4.02. The molecule has 0 aliphatic heterocycles. The SMILES string of the molecule is CC(C)C(Nc1ncccc1Cl)c1cccs1. The van der Waals surface area contributed by atoms with E-state index in [0.29, 0.717) is 10.9 Å². The zero-order valence-electron chi connectivity index (χ0n) is 9.85. The summed E-state index contributed by atoms with van der Waals surface area (Å²) in [5, 5.41) is 6.17. The molecule has 0 amide bonds. The smallest absolute Gasteiger partial charge is 0.145 e. The minimum absolute atomic E-state index is 0.252. The van der Waals surface area contributed by atoms with Crippen LogP contribution in [-0.4, -0.2) is 4.98 Å². The van der Waals surface area contributed by atoms with Gasteiger partial charge in [-0.2, -0.15) is 0 Å². The summed E-state index contributed by atoms with van der Waals surface area (Å²) >= 11 is 7.86. The van der Waals surface area contributed by atoms with Crippen LogP contribution in [0.25, 0.3) is 0 Å². The summed E-state index contributed by atoms with van der Waals surface area (Å²) in [4.78, 5) is 5.58. The van der Waals surface area contributed by atoms with Crippen LogP contribution in [0.2, 0.25) is 5.02 Å². The minimum Gasteiger partial charge on any atom is -0.361 e. The van der Waals surface area contributed by atoms with Crippen LogP contribution >= 0.6 is 22.9 Å². The molecule has 4 heteroatoms. The van der Waals surface area contributed by atoms with E-state index in [2.05, 4.69) is 41.7 Å². The van der Waals surface area contributed by atoms with Gasteiger partial charge in [-0.1, -0.05) is 31.5 Å². The zero-order valence-corrected chi connectivity index (χ0v) is 11.4. The van der Waals surface area contributed by atoms with Gasteiger partial charge in [0.15, 0.2) is 0 Å². The van der Waals surface area contributed by atoms with E-state index >= 15 is 0 Å². The molecule has 0 fully saturated rings. The highest BCUT2D eigenvalue weighted by Crippen LogP contribution is 2.31. The van der Waals surface area contributed by atoms with Crippen LogP contribution in [0.4, 0.5) is 5.82 Å². The van der Waals surface area contributed by atoms with Crippen LogP contribution in [0, 0.1) is 5.92 Å². The van der Waals surface area contributed by atoms with Crippen molar-refractivity contribution < 1.29 is 0 Å². The summed E-state index contributed by atoms with van der Waals surface area (Å²) < 4.78 is 0. The molecular formula is C13H15ClN2S. The van der Waals surface area contributed by atoms with Gasteiger partial charge in [0.1, 0.15) is 5.82 Å². The minimum atomic E-state index is 0.252. The van der Waals surface area contributed by atoms with E-state index in [4.69, 9.17) is 11.6 Å². The number of aromatic nitrogens is 1. The Morgan fingerprint density at radius 2 is 2.12 bits per heavy atom. The van der Waals surface area contributed by atoms with Gasteiger partial charge < -0.3 is 5.32 Å². The van der Waals surface area contributed by atoms with Crippen molar-refractivity contribution in [2.75, 3.05) is 5.32 Å². The molecule has 2 nitrogen and oxygen atoms in total. The molecule has 0 saturated heterocycles. The normalized spacial score (nSPS) is 12.7. The highest BCUT2D eigenvalue weighted by atomic mass is 35.5. The van der Waals surface area contributed by atoms with Gasteiger partial charge in [0, 0.05) is 11.1 Å². The first kappa shape index (κ1) is 12.4. The van der Waals surface area contributed by atoms with Crippen LogP contribution in [0.1, 0.15) is 24.8 Å². The highest BCUT2D eigenvalue weighted by molar-refractivity contribution is 7.10. The molecule has 2 rings (SSSR count). The molecule has 0 aromatic carbocycles. The van der Waals surface area contributed by atoms with Crippen molar-refractivity contribution in [1.82, 2.24) is 4.98 Å². The van der Waals surface area contributed by atoms with Crippen LogP contribution in [0.3, 0.4) is 0 Å². The van der Waals surface area contributed by atoms with Crippen molar-refractivity contribution in [3.63, 3.8) is 0 Å². The first-order valence-corrected chi connectivity index (χ1v) is 6.84. The van der Waals surface area contributed by atoms with Crippen LogP contribution in [0.5, 0.6) is 0 Å². The fourth-order valence-corrected chi connectivity index (χ4v) is 2.80. The molecule has 0 saturated carbocycles. The number of halogens is 1. The Morgan fingerprint density at radius 1 is 1.29 bits per heavy atom. The van der Waals surface area contributed by atoms with Crippen molar-refractivity contribution >= 4 is 28.8 Å². The molecular weight excluding hydrogens is 252 g/mol. The second-order valence-electron chi connectivity index (χ2n) is 4.22. The standard InChI is InChI=1S/C13H15ClN2S/c1-9(2)12(11-6-4-8-17-11)16-13-10(14)5-3-7-15-13/h3-9,12H,1-2H3,(H,15,16). The van der Waals surface area contributed by atoms with Crippen molar-refractivity contribution in [3.8, 4) is 0 Å². The van der Waals surface area contributed by atoms with Gasteiger partial charge in [0.2, 0.25) is 0 Å². The number of anilines is 1. The molecule has 17 heavy (non-hydrogen) atoms. The number of nitrogens with one attached hydrogen (secondary N) is 1. The fraction of sp³-hybridized carbons (Fsp3) is 0.308. The average molecular weight is 267 g/mol. The van der Waals surface area contributed by atoms with Gasteiger partial charge in [0.25, 0.3) is 0 Å². The maximum atomic E-state index is 6.11. The number of thiophene rings is 1. The van der Waals surface area contributed by atoms with E-state index in [1.807, 2.05) is 12.1 Å². The Morgan fingerprint density at radius 3 is 2.71 bits per heavy atom. The Balaban J connectivity index is 2.23. The van der Waals surface area contributed by atoms with E-state index < -0.39 is 0 Å². The fourth-order valence-electron chi connectivity index (χ4n) is 1.67. The predicted octanol–water partition coefficient (Wildman–Crippen LogP) is 4.61. The number of hydrogen-bond donors (Lipinski definition) is 1. The summed E-state index contributed by atoms with van der Waals surface area (Å²) in [6.07, 6.45) is 1.75. The lowest BCUT2D eigenvalue weighted by molar-refractivity contribution is 0.552. The molecule has 0 bridgehead atoms. The second-order valence-corrected chi connectivity index (χ2v) is 5.60. The molecule has 0 aliphatic rings. The highest BCUT2D eigenvalue weighted by Gasteiger charge is 2.17. The maximum absolute atomic E-state index is 6.11. The lowest BCUT2D eigenvalue weighted by Crippen LogP contribution is -2.16. The number of rotatable bonds is 4. The zero-order chi connectivity index (χ0) is 12.3. The monoisotopic (exact) mass is 266 g/mol. The maximum Gasteiger partial charge on any atom is 0.145 e. The first-order chi connectivity index (χ1) is 8.18. The van der Waals surface area contributed by atoms with Crippen molar-refractivity contribution in [1.29, 1.82) is 0 Å². The Hall–Kier alpha value is -1.06. The van der Waals surface area contributed by atoms with Crippen molar-refractivity contribution in [3.05, 3.63) is 45.7 Å². The second kappa shape index (κ2) is 5.52. The van der Waals surface area contributed by atoms with E-state index in [1.54, 1.807) is 17.5 Å². The third-order valence-corrected chi connectivity index (χ3v) is 3.83. The van der Waals surface area contributed by atoms with Crippen molar-refractivity contribution in [2.45, 2.75) is 19.9 Å². The lowest BCUT2D eigenvalue weighted by Gasteiger charge is -2.22. The van der Waals surface area contributed by atoms with Crippen LogP contribution in [0.15, 0.2) is 35.8 Å². The quantitative estimate of drug-likeness (QED) is 0.874. The molecule has 2 aromatic rings. The number of nitrogens with zero attached hydrogens (tertiary/aromatic N) is 1.